The van der Waals surface area contributed by atoms with Gasteiger partial charge in [-0.05, 0) is 24.2 Å². The van der Waals surface area contributed by atoms with E-state index in [2.05, 4.69) is 11.2 Å². The van der Waals surface area contributed by atoms with E-state index < -0.39 is 17.4 Å². The van der Waals surface area contributed by atoms with Gasteiger partial charge in [-0.2, -0.15) is 0 Å². The van der Waals surface area contributed by atoms with E-state index in [0.717, 1.165) is 6.54 Å². The second kappa shape index (κ2) is 6.09. The first-order chi connectivity index (χ1) is 7.69. The van der Waals surface area contributed by atoms with Crippen LogP contribution < -0.4 is 10.1 Å². The maximum atomic E-state index is 13.4. The molecule has 16 heavy (non-hydrogen) atoms. The van der Waals surface area contributed by atoms with Gasteiger partial charge >= 0.3 is 0 Å². The minimum atomic E-state index is -0.733. The minimum Gasteiger partial charge on any atom is -0.475 e. The van der Waals surface area contributed by atoms with E-state index in [1.54, 1.807) is 0 Å². The Balaban J connectivity index is 2.85. The van der Waals surface area contributed by atoms with Gasteiger partial charge in [0.1, 0.15) is 6.61 Å². The predicted molar refractivity (Wildman–Crippen MR) is 58.1 cm³/mol. The summed E-state index contributed by atoms with van der Waals surface area (Å²) in [5.41, 5.74) is 0.532. The van der Waals surface area contributed by atoms with Gasteiger partial charge in [0, 0.05) is 6.54 Å². The molecule has 0 fully saturated rings. The largest absolute Gasteiger partial charge is 0.475 e. The van der Waals surface area contributed by atoms with Gasteiger partial charge in [0.05, 0.1) is 0 Å². The maximum Gasteiger partial charge on any atom is 0.192 e. The molecule has 4 heteroatoms. The van der Waals surface area contributed by atoms with Crippen LogP contribution in [0, 0.1) is 24.0 Å². The lowest BCUT2D eigenvalue weighted by atomic mass is 10.2. The third-order valence-electron chi connectivity index (χ3n) is 1.94. The van der Waals surface area contributed by atoms with E-state index in [-0.39, 0.29) is 6.61 Å². The summed E-state index contributed by atoms with van der Waals surface area (Å²) in [6.45, 7) is 2.91. The second-order valence-electron chi connectivity index (χ2n) is 3.16. The molecule has 2 nitrogen and oxygen atoms in total. The molecule has 0 aliphatic carbocycles. The zero-order chi connectivity index (χ0) is 12.0. The van der Waals surface area contributed by atoms with Gasteiger partial charge in [-0.25, -0.2) is 8.78 Å². The van der Waals surface area contributed by atoms with Gasteiger partial charge in [-0.1, -0.05) is 12.8 Å². The minimum absolute atomic E-state index is 0.152. The summed E-state index contributed by atoms with van der Waals surface area (Å²) >= 11 is 0. The van der Waals surface area contributed by atoms with Crippen LogP contribution in [0.2, 0.25) is 0 Å². The third-order valence-corrected chi connectivity index (χ3v) is 1.94. The summed E-state index contributed by atoms with van der Waals surface area (Å²) in [4.78, 5) is 0. The van der Waals surface area contributed by atoms with Crippen molar-refractivity contribution in [2.24, 2.45) is 0 Å². The lowest BCUT2D eigenvalue weighted by Gasteiger charge is -2.08. The quantitative estimate of drug-likeness (QED) is 0.775. The molecule has 0 heterocycles. The molecule has 86 valence electrons. The predicted octanol–water partition coefficient (Wildman–Crippen LogP) is 2.09. The summed E-state index contributed by atoms with van der Waals surface area (Å²) in [6.07, 6.45) is 4.94. The summed E-state index contributed by atoms with van der Waals surface area (Å²) in [6, 6.07) is 2.47. The number of nitrogens with one attached hydrogen (secondary N) is 1. The van der Waals surface area contributed by atoms with Crippen molar-refractivity contribution in [2.45, 2.75) is 13.5 Å². The van der Waals surface area contributed by atoms with Crippen molar-refractivity contribution in [3.8, 4) is 18.1 Å². The molecule has 1 N–H and O–H groups in total. The zero-order valence-corrected chi connectivity index (χ0v) is 9.02. The highest BCUT2D eigenvalue weighted by atomic mass is 19.1. The van der Waals surface area contributed by atoms with Gasteiger partial charge in [0.15, 0.2) is 17.4 Å². The third kappa shape index (κ3) is 3.21. The van der Waals surface area contributed by atoms with E-state index in [4.69, 9.17) is 11.2 Å². The Kier molecular flexibility index (Phi) is 4.74. The average molecular weight is 225 g/mol. The number of terminal acetylenes is 1. The van der Waals surface area contributed by atoms with Crippen molar-refractivity contribution in [3.63, 3.8) is 0 Å². The maximum absolute atomic E-state index is 13.4. The molecule has 1 aromatic rings. The molecule has 0 saturated carbocycles. The topological polar surface area (TPSA) is 21.3 Å². The molecule has 0 amide bonds. The van der Waals surface area contributed by atoms with Crippen LogP contribution in [0.1, 0.15) is 12.5 Å². The van der Waals surface area contributed by atoms with Gasteiger partial charge in [-0.15, -0.1) is 6.42 Å². The normalized spacial score (nSPS) is 9.88. The molecule has 0 atom stereocenters. The van der Waals surface area contributed by atoms with Gasteiger partial charge in [0.2, 0.25) is 0 Å². The molecule has 0 radical (unpaired) electrons. The molecule has 0 aromatic heterocycles. The van der Waals surface area contributed by atoms with Crippen LogP contribution in [0.5, 0.6) is 5.75 Å². The molecule has 1 rings (SSSR count). The fraction of sp³-hybridized carbons (Fsp3) is 0.333. The molecule has 0 spiro atoms. The molecular formula is C12H13F2NO. The lowest BCUT2D eigenvalue weighted by molar-refractivity contribution is 0.326. The van der Waals surface area contributed by atoms with Crippen molar-refractivity contribution in [1.82, 2.24) is 5.32 Å². The second-order valence-corrected chi connectivity index (χ2v) is 3.16. The number of hydrogen-bond donors (Lipinski definition) is 1. The van der Waals surface area contributed by atoms with E-state index >= 15 is 0 Å². The number of benzene rings is 1. The Morgan fingerprint density at radius 3 is 2.50 bits per heavy atom. The van der Waals surface area contributed by atoms with E-state index in [1.807, 2.05) is 6.92 Å². The molecule has 0 unspecified atom stereocenters. The number of halogens is 2. The molecule has 0 saturated heterocycles. The van der Waals surface area contributed by atoms with Gasteiger partial charge in [0.25, 0.3) is 0 Å². The lowest BCUT2D eigenvalue weighted by Crippen LogP contribution is -2.12. The van der Waals surface area contributed by atoms with Gasteiger partial charge in [-0.3, -0.25) is 0 Å². The molecular weight excluding hydrogens is 212 g/mol. The Bertz CT molecular complexity index is 375. The summed E-state index contributed by atoms with van der Waals surface area (Å²) in [5, 5.41) is 2.98. The first-order valence-electron chi connectivity index (χ1n) is 4.94. The summed E-state index contributed by atoms with van der Waals surface area (Å²) in [7, 11) is 0. The van der Waals surface area contributed by atoms with Crippen molar-refractivity contribution in [3.05, 3.63) is 29.3 Å². The number of ether oxygens (including phenoxy) is 1. The first kappa shape index (κ1) is 12.5. The van der Waals surface area contributed by atoms with Crippen LogP contribution in [0.25, 0.3) is 0 Å². The smallest absolute Gasteiger partial charge is 0.192 e. The number of rotatable bonds is 5. The fourth-order valence-corrected chi connectivity index (χ4v) is 1.24. The molecule has 0 aliphatic rings. The highest BCUT2D eigenvalue weighted by molar-refractivity contribution is 5.31. The van der Waals surface area contributed by atoms with Crippen molar-refractivity contribution in [1.29, 1.82) is 0 Å². The highest BCUT2D eigenvalue weighted by Gasteiger charge is 2.11. The first-order valence-corrected chi connectivity index (χ1v) is 4.94. The zero-order valence-electron chi connectivity index (χ0n) is 9.02. The Morgan fingerprint density at radius 1 is 1.38 bits per heavy atom. The average Bonchev–Trinajstić information content (AvgIpc) is 2.25. The van der Waals surface area contributed by atoms with Crippen LogP contribution in [0.15, 0.2) is 12.1 Å². The Labute approximate surface area is 93.6 Å². The monoisotopic (exact) mass is 225 g/mol. The van der Waals surface area contributed by atoms with Crippen LogP contribution in [-0.4, -0.2) is 13.2 Å². The highest BCUT2D eigenvalue weighted by Crippen LogP contribution is 2.23. The van der Waals surface area contributed by atoms with Crippen molar-refractivity contribution >= 4 is 0 Å². The Morgan fingerprint density at radius 2 is 2.00 bits per heavy atom. The standard InChI is InChI=1S/C12H13F2NO/c1-3-5-16-12-10(13)6-9(7-11(12)14)8-15-4-2/h1,6-7,15H,4-5,8H2,2H3. The summed E-state index contributed by atoms with van der Waals surface area (Å²) in [5.74, 6) is 0.267. The van der Waals surface area contributed by atoms with Crippen LogP contribution >= 0.6 is 0 Å². The molecule has 0 aliphatic heterocycles. The number of hydrogen-bond acceptors (Lipinski definition) is 2. The van der Waals surface area contributed by atoms with Crippen molar-refractivity contribution < 1.29 is 13.5 Å². The summed E-state index contributed by atoms with van der Waals surface area (Å²) < 4.78 is 31.6. The van der Waals surface area contributed by atoms with E-state index in [0.29, 0.717) is 12.1 Å². The molecule has 1 aromatic carbocycles. The van der Waals surface area contributed by atoms with E-state index in [9.17, 15) is 8.78 Å². The van der Waals surface area contributed by atoms with Crippen LogP contribution in [0.3, 0.4) is 0 Å². The van der Waals surface area contributed by atoms with E-state index in [1.165, 1.54) is 12.1 Å². The SMILES string of the molecule is C#CCOc1c(F)cc(CNCC)cc1F. The molecule has 0 bridgehead atoms. The van der Waals surface area contributed by atoms with Crippen LogP contribution in [0.4, 0.5) is 8.78 Å². The fourth-order valence-electron chi connectivity index (χ4n) is 1.24. The van der Waals surface area contributed by atoms with Crippen LogP contribution in [-0.2, 0) is 6.54 Å². The Hall–Kier alpha value is -1.60. The van der Waals surface area contributed by atoms with Gasteiger partial charge < -0.3 is 10.1 Å². The van der Waals surface area contributed by atoms with Crippen molar-refractivity contribution in [2.75, 3.05) is 13.2 Å².